The van der Waals surface area contributed by atoms with E-state index in [0.29, 0.717) is 11.8 Å². The molecule has 2 unspecified atom stereocenters. The van der Waals surface area contributed by atoms with Crippen LogP contribution in [-0.4, -0.2) is 6.54 Å². The predicted molar refractivity (Wildman–Crippen MR) is 42.2 cm³/mol. The molecule has 0 aromatic rings. The third kappa shape index (κ3) is 4.22. The zero-order valence-electron chi connectivity index (χ0n) is 6.43. The Morgan fingerprint density at radius 1 is 1.56 bits per heavy atom. The van der Waals surface area contributed by atoms with Gasteiger partial charge in [0.15, 0.2) is 0 Å². The maximum atomic E-state index is 5.44. The molecule has 2 atom stereocenters. The lowest BCUT2D eigenvalue weighted by Gasteiger charge is -2.10. The van der Waals surface area contributed by atoms with E-state index < -0.39 is 0 Å². The fourth-order valence-electron chi connectivity index (χ4n) is 0.827. The van der Waals surface area contributed by atoms with Gasteiger partial charge >= 0.3 is 0 Å². The van der Waals surface area contributed by atoms with E-state index in [2.05, 4.69) is 20.4 Å². The Morgan fingerprint density at radius 3 is 2.44 bits per heavy atom. The highest BCUT2D eigenvalue weighted by molar-refractivity contribution is 4.76. The molecule has 0 radical (unpaired) electrons. The Morgan fingerprint density at radius 2 is 2.11 bits per heavy atom. The van der Waals surface area contributed by atoms with Crippen LogP contribution >= 0.6 is 0 Å². The van der Waals surface area contributed by atoms with Crippen LogP contribution in [0.5, 0.6) is 0 Å². The maximum absolute atomic E-state index is 5.44. The Bertz CT molecular complexity index is 78.6. The molecule has 0 bridgehead atoms. The number of hydrogen-bond acceptors (Lipinski definition) is 1. The van der Waals surface area contributed by atoms with E-state index in [9.17, 15) is 0 Å². The molecule has 0 aliphatic heterocycles. The van der Waals surface area contributed by atoms with E-state index in [-0.39, 0.29) is 0 Å². The Hall–Kier alpha value is -0.300. The standard InChI is InChI=1S/C8H17N/c1-4-7(2)5-8(3)6-9/h4,7-8H,1,5-6,9H2,2-3H3. The minimum Gasteiger partial charge on any atom is -0.330 e. The van der Waals surface area contributed by atoms with Gasteiger partial charge in [-0.1, -0.05) is 19.9 Å². The quantitative estimate of drug-likeness (QED) is 0.572. The molecule has 2 N–H and O–H groups in total. The molecule has 0 heterocycles. The molecule has 0 saturated heterocycles. The molecule has 0 rings (SSSR count). The Balaban J connectivity index is 3.33. The van der Waals surface area contributed by atoms with Crippen molar-refractivity contribution in [3.8, 4) is 0 Å². The monoisotopic (exact) mass is 127 g/mol. The van der Waals surface area contributed by atoms with E-state index >= 15 is 0 Å². The van der Waals surface area contributed by atoms with Crippen molar-refractivity contribution < 1.29 is 0 Å². The molecule has 0 aliphatic carbocycles. The third-order valence-electron chi connectivity index (χ3n) is 1.58. The van der Waals surface area contributed by atoms with Crippen LogP contribution in [0.15, 0.2) is 12.7 Å². The van der Waals surface area contributed by atoms with E-state index in [1.54, 1.807) is 0 Å². The van der Waals surface area contributed by atoms with Gasteiger partial charge in [-0.05, 0) is 24.8 Å². The second kappa shape index (κ2) is 4.57. The first-order valence-electron chi connectivity index (χ1n) is 3.53. The van der Waals surface area contributed by atoms with Crippen LogP contribution in [-0.2, 0) is 0 Å². The highest BCUT2D eigenvalue weighted by atomic mass is 14.5. The first kappa shape index (κ1) is 8.70. The second-order valence-electron chi connectivity index (χ2n) is 2.79. The lowest BCUT2D eigenvalue weighted by molar-refractivity contribution is 0.476. The molecule has 0 aliphatic rings. The van der Waals surface area contributed by atoms with Crippen molar-refractivity contribution in [2.45, 2.75) is 20.3 Å². The zero-order chi connectivity index (χ0) is 7.28. The van der Waals surface area contributed by atoms with Crippen LogP contribution in [0.1, 0.15) is 20.3 Å². The number of allylic oxidation sites excluding steroid dienone is 1. The highest BCUT2D eigenvalue weighted by Gasteiger charge is 2.02. The van der Waals surface area contributed by atoms with Crippen LogP contribution < -0.4 is 5.73 Å². The summed E-state index contributed by atoms with van der Waals surface area (Å²) in [6.07, 6.45) is 3.14. The van der Waals surface area contributed by atoms with Crippen molar-refractivity contribution in [1.29, 1.82) is 0 Å². The minimum absolute atomic E-state index is 0.614. The highest BCUT2D eigenvalue weighted by Crippen LogP contribution is 2.10. The molecular weight excluding hydrogens is 110 g/mol. The summed E-state index contributed by atoms with van der Waals surface area (Å²) < 4.78 is 0. The summed E-state index contributed by atoms with van der Waals surface area (Å²) >= 11 is 0. The van der Waals surface area contributed by atoms with Crippen molar-refractivity contribution in [2.75, 3.05) is 6.54 Å². The SMILES string of the molecule is C=CC(C)CC(C)CN. The Labute approximate surface area is 57.9 Å². The first-order chi connectivity index (χ1) is 4.20. The lowest BCUT2D eigenvalue weighted by Crippen LogP contribution is -2.12. The van der Waals surface area contributed by atoms with E-state index in [1.807, 2.05) is 6.08 Å². The summed E-state index contributed by atoms with van der Waals surface area (Å²) in [5.74, 6) is 1.25. The van der Waals surface area contributed by atoms with Gasteiger partial charge in [-0.2, -0.15) is 0 Å². The van der Waals surface area contributed by atoms with Crippen molar-refractivity contribution in [3.05, 3.63) is 12.7 Å². The fourth-order valence-corrected chi connectivity index (χ4v) is 0.827. The van der Waals surface area contributed by atoms with Gasteiger partial charge in [0.1, 0.15) is 0 Å². The molecule has 54 valence electrons. The number of hydrogen-bond donors (Lipinski definition) is 1. The normalized spacial score (nSPS) is 16.8. The molecule has 0 fully saturated rings. The molecule has 0 aromatic heterocycles. The van der Waals surface area contributed by atoms with Crippen LogP contribution in [0, 0.1) is 11.8 Å². The summed E-state index contributed by atoms with van der Waals surface area (Å²) in [7, 11) is 0. The average Bonchev–Trinajstić information content (AvgIpc) is 1.87. The van der Waals surface area contributed by atoms with Gasteiger partial charge in [0.25, 0.3) is 0 Å². The molecule has 0 spiro atoms. The van der Waals surface area contributed by atoms with Crippen molar-refractivity contribution in [2.24, 2.45) is 17.6 Å². The van der Waals surface area contributed by atoms with Crippen molar-refractivity contribution >= 4 is 0 Å². The van der Waals surface area contributed by atoms with Gasteiger partial charge in [0, 0.05) is 0 Å². The van der Waals surface area contributed by atoms with Gasteiger partial charge < -0.3 is 5.73 Å². The minimum atomic E-state index is 0.614. The predicted octanol–water partition coefficient (Wildman–Crippen LogP) is 1.79. The summed E-state index contributed by atoms with van der Waals surface area (Å²) in [5, 5.41) is 0. The van der Waals surface area contributed by atoms with Gasteiger partial charge in [-0.25, -0.2) is 0 Å². The average molecular weight is 127 g/mol. The van der Waals surface area contributed by atoms with E-state index in [0.717, 1.165) is 6.54 Å². The molecule has 1 heteroatoms. The van der Waals surface area contributed by atoms with Gasteiger partial charge in [-0.15, -0.1) is 6.58 Å². The van der Waals surface area contributed by atoms with Crippen LogP contribution in [0.4, 0.5) is 0 Å². The largest absolute Gasteiger partial charge is 0.330 e. The zero-order valence-corrected chi connectivity index (χ0v) is 6.43. The smallest absolute Gasteiger partial charge is 0.00513 e. The molecule has 9 heavy (non-hydrogen) atoms. The van der Waals surface area contributed by atoms with Crippen molar-refractivity contribution in [1.82, 2.24) is 0 Å². The summed E-state index contributed by atoms with van der Waals surface area (Å²) in [6.45, 7) is 8.83. The van der Waals surface area contributed by atoms with E-state index in [1.165, 1.54) is 6.42 Å². The third-order valence-corrected chi connectivity index (χ3v) is 1.58. The molecule has 1 nitrogen and oxygen atoms in total. The topological polar surface area (TPSA) is 26.0 Å². The summed E-state index contributed by atoms with van der Waals surface area (Å²) in [4.78, 5) is 0. The molecule has 0 aromatic carbocycles. The van der Waals surface area contributed by atoms with Crippen molar-refractivity contribution in [3.63, 3.8) is 0 Å². The van der Waals surface area contributed by atoms with Crippen LogP contribution in [0.2, 0.25) is 0 Å². The van der Waals surface area contributed by atoms with Gasteiger partial charge in [0.05, 0.1) is 0 Å². The lowest BCUT2D eigenvalue weighted by atomic mass is 9.98. The molecule has 0 amide bonds. The first-order valence-corrected chi connectivity index (χ1v) is 3.53. The van der Waals surface area contributed by atoms with E-state index in [4.69, 9.17) is 5.73 Å². The molecular formula is C8H17N. The van der Waals surface area contributed by atoms with Gasteiger partial charge in [-0.3, -0.25) is 0 Å². The second-order valence-corrected chi connectivity index (χ2v) is 2.79. The van der Waals surface area contributed by atoms with Crippen LogP contribution in [0.25, 0.3) is 0 Å². The number of rotatable bonds is 4. The molecule has 0 saturated carbocycles. The number of nitrogens with two attached hydrogens (primary N) is 1. The summed E-state index contributed by atoms with van der Waals surface area (Å²) in [5.41, 5.74) is 5.44. The summed E-state index contributed by atoms with van der Waals surface area (Å²) in [6, 6.07) is 0. The van der Waals surface area contributed by atoms with Gasteiger partial charge in [0.2, 0.25) is 0 Å². The Kier molecular flexibility index (Phi) is 4.41. The maximum Gasteiger partial charge on any atom is -0.00513 e. The van der Waals surface area contributed by atoms with Crippen LogP contribution in [0.3, 0.4) is 0 Å². The fraction of sp³-hybridized carbons (Fsp3) is 0.750.